The molecular weight excluding hydrogens is 350 g/mol. The van der Waals surface area contributed by atoms with Crippen molar-refractivity contribution in [1.82, 2.24) is 0 Å². The minimum atomic E-state index is -3.55. The van der Waals surface area contributed by atoms with Gasteiger partial charge in [0.25, 0.3) is 0 Å². The number of carbonyl (C=O) groups excluding carboxylic acids is 1. The van der Waals surface area contributed by atoms with E-state index in [1.54, 1.807) is 18.2 Å². The summed E-state index contributed by atoms with van der Waals surface area (Å²) in [6, 6.07) is 5.00. The molecule has 0 saturated carbocycles. The molecule has 0 aliphatic heterocycles. The minimum absolute atomic E-state index is 0.0625. The maximum atomic E-state index is 11.9. The zero-order chi connectivity index (χ0) is 15.2. The number of hydrogen-bond donors (Lipinski definition) is 1. The molecule has 0 aromatic heterocycles. The Kier molecular flexibility index (Phi) is 6.28. The van der Waals surface area contributed by atoms with E-state index >= 15 is 0 Å². The molecule has 0 fully saturated rings. The van der Waals surface area contributed by atoms with E-state index in [9.17, 15) is 13.2 Å². The van der Waals surface area contributed by atoms with Gasteiger partial charge in [0.2, 0.25) is 10.0 Å². The molecule has 8 heteroatoms. The second-order valence-electron chi connectivity index (χ2n) is 3.95. The number of esters is 1. The lowest BCUT2D eigenvalue weighted by atomic mass is 10.3. The van der Waals surface area contributed by atoms with Crippen LogP contribution < -0.4 is 9.46 Å². The van der Waals surface area contributed by atoms with Crippen LogP contribution in [0.25, 0.3) is 0 Å². The molecule has 0 radical (unpaired) electrons. The van der Waals surface area contributed by atoms with E-state index < -0.39 is 16.0 Å². The number of sulfonamides is 1. The summed E-state index contributed by atoms with van der Waals surface area (Å²) in [5, 5.41) is 0. The SMILES string of the molecule is COC(=O)CCCS(=O)(=O)Nc1cc(Br)ccc1OC. The maximum Gasteiger partial charge on any atom is 0.305 e. The van der Waals surface area contributed by atoms with Crippen LogP contribution in [0.1, 0.15) is 12.8 Å². The summed E-state index contributed by atoms with van der Waals surface area (Å²) in [4.78, 5) is 10.9. The van der Waals surface area contributed by atoms with Crippen molar-refractivity contribution in [3.8, 4) is 5.75 Å². The standard InChI is InChI=1S/C12H16BrNO5S/c1-18-11-6-5-9(13)8-10(11)14-20(16,17)7-3-4-12(15)19-2/h5-6,8,14H,3-4,7H2,1-2H3. The van der Waals surface area contributed by atoms with Gasteiger partial charge in [0, 0.05) is 10.9 Å². The maximum absolute atomic E-state index is 11.9. The normalized spacial score (nSPS) is 10.9. The molecule has 0 heterocycles. The van der Waals surface area contributed by atoms with Gasteiger partial charge in [-0.2, -0.15) is 0 Å². The first-order valence-electron chi connectivity index (χ1n) is 5.79. The quantitative estimate of drug-likeness (QED) is 0.748. The zero-order valence-corrected chi connectivity index (χ0v) is 13.6. The van der Waals surface area contributed by atoms with Gasteiger partial charge >= 0.3 is 5.97 Å². The molecule has 0 amide bonds. The fraction of sp³-hybridized carbons (Fsp3) is 0.417. The predicted molar refractivity (Wildman–Crippen MR) is 79.4 cm³/mol. The Bertz CT molecular complexity index is 573. The van der Waals surface area contributed by atoms with Gasteiger partial charge in [-0.1, -0.05) is 15.9 Å². The average molecular weight is 366 g/mol. The number of carbonyl (C=O) groups is 1. The second kappa shape index (κ2) is 7.49. The predicted octanol–water partition coefficient (Wildman–Crippen LogP) is 2.15. The molecule has 0 spiro atoms. The highest BCUT2D eigenvalue weighted by Crippen LogP contribution is 2.28. The smallest absolute Gasteiger partial charge is 0.305 e. The van der Waals surface area contributed by atoms with Crippen LogP contribution >= 0.6 is 15.9 Å². The van der Waals surface area contributed by atoms with E-state index in [2.05, 4.69) is 25.4 Å². The Morgan fingerprint density at radius 2 is 2.05 bits per heavy atom. The third kappa shape index (κ3) is 5.38. The number of nitrogens with one attached hydrogen (secondary N) is 1. The molecule has 6 nitrogen and oxygen atoms in total. The Balaban J connectivity index is 2.71. The van der Waals surface area contributed by atoms with Gasteiger partial charge in [-0.15, -0.1) is 0 Å². The van der Waals surface area contributed by atoms with E-state index in [1.165, 1.54) is 14.2 Å². The van der Waals surface area contributed by atoms with E-state index in [4.69, 9.17) is 4.74 Å². The summed E-state index contributed by atoms with van der Waals surface area (Å²) in [5.74, 6) is -0.178. The van der Waals surface area contributed by atoms with Gasteiger partial charge in [-0.25, -0.2) is 8.42 Å². The van der Waals surface area contributed by atoms with Crippen molar-refractivity contribution < 1.29 is 22.7 Å². The molecule has 0 saturated heterocycles. The van der Waals surface area contributed by atoms with Gasteiger partial charge in [0.1, 0.15) is 5.75 Å². The molecule has 1 N–H and O–H groups in total. The molecule has 0 bridgehead atoms. The lowest BCUT2D eigenvalue weighted by Crippen LogP contribution is -2.18. The van der Waals surface area contributed by atoms with Gasteiger partial charge < -0.3 is 9.47 Å². The van der Waals surface area contributed by atoms with Crippen molar-refractivity contribution >= 4 is 37.6 Å². The number of benzene rings is 1. The summed E-state index contributed by atoms with van der Waals surface area (Å²) in [5.41, 5.74) is 0.347. The van der Waals surface area contributed by atoms with E-state index in [1.807, 2.05) is 0 Å². The highest BCUT2D eigenvalue weighted by Gasteiger charge is 2.14. The Morgan fingerprint density at radius 1 is 1.35 bits per heavy atom. The molecule has 0 aliphatic carbocycles. The van der Waals surface area contributed by atoms with Crippen molar-refractivity contribution in [3.05, 3.63) is 22.7 Å². The summed E-state index contributed by atoms with van der Waals surface area (Å²) in [7, 11) is -0.825. The van der Waals surface area contributed by atoms with Crippen LogP contribution in [-0.4, -0.2) is 34.4 Å². The number of methoxy groups -OCH3 is 2. The molecule has 0 aliphatic rings. The lowest BCUT2D eigenvalue weighted by molar-refractivity contribution is -0.140. The summed E-state index contributed by atoms with van der Waals surface area (Å²) < 4.78 is 36.5. The fourth-order valence-corrected chi connectivity index (χ4v) is 2.97. The number of anilines is 1. The molecule has 20 heavy (non-hydrogen) atoms. The Labute approximate surface area is 126 Å². The van der Waals surface area contributed by atoms with E-state index in [-0.39, 0.29) is 18.6 Å². The topological polar surface area (TPSA) is 81.7 Å². The molecule has 1 aromatic carbocycles. The molecule has 1 rings (SSSR count). The summed E-state index contributed by atoms with van der Waals surface area (Å²) in [6.07, 6.45) is 0.255. The fourth-order valence-electron chi connectivity index (χ4n) is 1.49. The largest absolute Gasteiger partial charge is 0.495 e. The number of hydrogen-bond acceptors (Lipinski definition) is 5. The van der Waals surface area contributed by atoms with Gasteiger partial charge in [-0.05, 0) is 24.6 Å². The summed E-state index contributed by atoms with van der Waals surface area (Å²) >= 11 is 3.26. The first-order valence-corrected chi connectivity index (χ1v) is 8.23. The first-order chi connectivity index (χ1) is 9.38. The molecular formula is C12H16BrNO5S. The second-order valence-corrected chi connectivity index (χ2v) is 6.70. The van der Waals surface area contributed by atoms with Crippen molar-refractivity contribution in [3.63, 3.8) is 0 Å². The number of ether oxygens (including phenoxy) is 2. The van der Waals surface area contributed by atoms with Crippen LogP contribution in [0.3, 0.4) is 0 Å². The highest BCUT2D eigenvalue weighted by molar-refractivity contribution is 9.10. The van der Waals surface area contributed by atoms with Crippen LogP contribution in [0.4, 0.5) is 5.69 Å². The highest BCUT2D eigenvalue weighted by atomic mass is 79.9. The Hall–Kier alpha value is -1.28. The van der Waals surface area contributed by atoms with Gasteiger partial charge in [0.05, 0.1) is 25.7 Å². The van der Waals surface area contributed by atoms with Gasteiger partial charge in [0.15, 0.2) is 0 Å². The molecule has 0 atom stereocenters. The summed E-state index contributed by atoms with van der Waals surface area (Å²) in [6.45, 7) is 0. The molecule has 1 aromatic rings. The third-order valence-electron chi connectivity index (χ3n) is 2.45. The monoisotopic (exact) mass is 365 g/mol. The van der Waals surface area contributed by atoms with Crippen molar-refractivity contribution in [1.29, 1.82) is 0 Å². The number of halogens is 1. The third-order valence-corrected chi connectivity index (χ3v) is 4.30. The van der Waals surface area contributed by atoms with E-state index in [0.29, 0.717) is 11.4 Å². The van der Waals surface area contributed by atoms with Crippen molar-refractivity contribution in [2.24, 2.45) is 0 Å². The van der Waals surface area contributed by atoms with E-state index in [0.717, 1.165) is 4.47 Å². The molecule has 112 valence electrons. The average Bonchev–Trinajstić information content (AvgIpc) is 2.38. The van der Waals surface area contributed by atoms with Crippen LogP contribution in [0.2, 0.25) is 0 Å². The zero-order valence-electron chi connectivity index (χ0n) is 11.2. The molecule has 0 unspecified atom stereocenters. The van der Waals surface area contributed by atoms with Crippen LogP contribution in [-0.2, 0) is 19.6 Å². The lowest BCUT2D eigenvalue weighted by Gasteiger charge is -2.12. The first kappa shape index (κ1) is 16.8. The van der Waals surface area contributed by atoms with Crippen LogP contribution in [0.15, 0.2) is 22.7 Å². The Morgan fingerprint density at radius 3 is 2.65 bits per heavy atom. The van der Waals surface area contributed by atoms with Gasteiger partial charge in [-0.3, -0.25) is 9.52 Å². The minimum Gasteiger partial charge on any atom is -0.495 e. The van der Waals surface area contributed by atoms with Crippen molar-refractivity contribution in [2.45, 2.75) is 12.8 Å². The van der Waals surface area contributed by atoms with Crippen LogP contribution in [0.5, 0.6) is 5.75 Å². The van der Waals surface area contributed by atoms with Crippen LogP contribution in [0, 0.1) is 0 Å². The number of rotatable bonds is 7. The van der Waals surface area contributed by atoms with Crippen molar-refractivity contribution in [2.75, 3.05) is 24.7 Å².